The highest BCUT2D eigenvalue weighted by Crippen LogP contribution is 2.21. The molecule has 2 unspecified atom stereocenters. The van der Waals surface area contributed by atoms with Gasteiger partial charge in [0.1, 0.15) is 0 Å². The van der Waals surface area contributed by atoms with Crippen LogP contribution in [0.5, 0.6) is 0 Å². The number of ether oxygens (including phenoxy) is 1. The molecule has 2 atom stereocenters. The van der Waals surface area contributed by atoms with E-state index in [4.69, 9.17) is 5.11 Å². The summed E-state index contributed by atoms with van der Waals surface area (Å²) in [5.41, 5.74) is 0. The zero-order chi connectivity index (χ0) is 10.5. The third kappa shape index (κ3) is 4.77. The summed E-state index contributed by atoms with van der Waals surface area (Å²) in [5.74, 6) is -3.58. The molecule has 1 N–H and O–H groups in total. The van der Waals surface area contributed by atoms with Crippen LogP contribution >= 0.6 is 0 Å². The Morgan fingerprint density at radius 1 is 1.69 bits per heavy atom. The van der Waals surface area contributed by atoms with E-state index in [9.17, 15) is 13.6 Å². The van der Waals surface area contributed by atoms with E-state index in [1.165, 1.54) is 0 Å². The molecule has 13 heavy (non-hydrogen) atoms. The van der Waals surface area contributed by atoms with Gasteiger partial charge in [0.15, 0.2) is 6.17 Å². The first kappa shape index (κ1) is 12.3. The molecular formula is C8H14F2O3. The molecule has 0 aliphatic rings. The summed E-state index contributed by atoms with van der Waals surface area (Å²) in [4.78, 5) is 10.7. The van der Waals surface area contributed by atoms with E-state index in [-0.39, 0.29) is 13.0 Å². The van der Waals surface area contributed by atoms with Gasteiger partial charge in [0.2, 0.25) is 5.85 Å². The molecule has 0 saturated carbocycles. The van der Waals surface area contributed by atoms with Gasteiger partial charge in [0, 0.05) is 6.42 Å². The third-order valence-corrected chi connectivity index (χ3v) is 1.59. The third-order valence-electron chi connectivity index (χ3n) is 1.59. The Morgan fingerprint density at radius 3 is 2.62 bits per heavy atom. The highest BCUT2D eigenvalue weighted by atomic mass is 19.2. The molecule has 0 aromatic heterocycles. The van der Waals surface area contributed by atoms with Crippen LogP contribution in [0.25, 0.3) is 0 Å². The van der Waals surface area contributed by atoms with Gasteiger partial charge in [-0.05, 0) is 13.8 Å². The number of hydrogen-bond donors (Lipinski definition) is 1. The number of aliphatic hydroxyl groups is 1. The van der Waals surface area contributed by atoms with Crippen LogP contribution in [0.2, 0.25) is 0 Å². The molecule has 0 aliphatic carbocycles. The van der Waals surface area contributed by atoms with Gasteiger partial charge in [0.25, 0.3) is 0 Å². The van der Waals surface area contributed by atoms with Gasteiger partial charge in [-0.25, -0.2) is 8.78 Å². The lowest BCUT2D eigenvalue weighted by molar-refractivity contribution is -0.159. The van der Waals surface area contributed by atoms with E-state index in [1.54, 1.807) is 6.92 Å². The van der Waals surface area contributed by atoms with Crippen LogP contribution in [0.3, 0.4) is 0 Å². The second-order valence-electron chi connectivity index (χ2n) is 2.74. The van der Waals surface area contributed by atoms with Crippen molar-refractivity contribution in [1.29, 1.82) is 0 Å². The number of esters is 1. The molecular weight excluding hydrogens is 182 g/mol. The van der Waals surface area contributed by atoms with Crippen LogP contribution in [0.4, 0.5) is 8.78 Å². The lowest BCUT2D eigenvalue weighted by Gasteiger charge is -2.19. The topological polar surface area (TPSA) is 46.5 Å². The molecule has 0 amide bonds. The quantitative estimate of drug-likeness (QED) is 0.675. The highest BCUT2D eigenvalue weighted by Gasteiger charge is 2.34. The number of carbonyl (C=O) groups excluding carboxylic acids is 1. The molecule has 0 saturated heterocycles. The van der Waals surface area contributed by atoms with Crippen molar-refractivity contribution in [3.8, 4) is 0 Å². The summed E-state index contributed by atoms with van der Waals surface area (Å²) in [6.07, 6.45) is -2.92. The van der Waals surface area contributed by atoms with Gasteiger partial charge in [-0.15, -0.1) is 0 Å². The van der Waals surface area contributed by atoms with Gasteiger partial charge in [-0.1, -0.05) is 0 Å². The Bertz CT molecular complexity index is 169. The lowest BCUT2D eigenvalue weighted by Crippen LogP contribution is -2.33. The molecule has 0 spiro atoms. The van der Waals surface area contributed by atoms with Crippen LogP contribution in [0, 0.1) is 0 Å². The average Bonchev–Trinajstić information content (AvgIpc) is 2.01. The maximum absolute atomic E-state index is 12.8. The Balaban J connectivity index is 3.81. The first-order valence-electron chi connectivity index (χ1n) is 4.11. The normalized spacial score (nSPS) is 17.6. The van der Waals surface area contributed by atoms with Crippen molar-refractivity contribution < 1.29 is 23.4 Å². The second kappa shape index (κ2) is 5.11. The van der Waals surface area contributed by atoms with Gasteiger partial charge >= 0.3 is 5.97 Å². The molecule has 0 aliphatic heterocycles. The largest absolute Gasteiger partial charge is 0.466 e. The van der Waals surface area contributed by atoms with E-state index in [2.05, 4.69) is 4.74 Å². The Morgan fingerprint density at radius 2 is 2.23 bits per heavy atom. The number of hydrogen-bond acceptors (Lipinski definition) is 3. The molecule has 0 rings (SSSR count). The second-order valence-corrected chi connectivity index (χ2v) is 2.74. The average molecular weight is 196 g/mol. The minimum Gasteiger partial charge on any atom is -0.466 e. The zero-order valence-electron chi connectivity index (χ0n) is 7.72. The van der Waals surface area contributed by atoms with Crippen LogP contribution < -0.4 is 0 Å². The van der Waals surface area contributed by atoms with E-state index >= 15 is 0 Å². The van der Waals surface area contributed by atoms with Crippen LogP contribution in [-0.2, 0) is 9.53 Å². The predicted octanol–water partition coefficient (Wildman–Crippen LogP) is 1.35. The maximum atomic E-state index is 12.8. The summed E-state index contributed by atoms with van der Waals surface area (Å²) >= 11 is 0. The van der Waals surface area contributed by atoms with Crippen LogP contribution in [-0.4, -0.2) is 29.7 Å². The molecule has 0 radical (unpaired) electrons. The fraction of sp³-hybridized carbons (Fsp3) is 0.875. The Hall–Kier alpha value is -0.710. The minimum absolute atomic E-state index is 0.189. The van der Waals surface area contributed by atoms with Gasteiger partial charge in [0.05, 0.1) is 13.0 Å². The SMILES string of the molecule is CCOC(=O)CCC(O)(F)C(C)F. The van der Waals surface area contributed by atoms with E-state index < -0.39 is 24.4 Å². The first-order valence-corrected chi connectivity index (χ1v) is 4.11. The monoisotopic (exact) mass is 196 g/mol. The maximum Gasteiger partial charge on any atom is 0.305 e. The highest BCUT2D eigenvalue weighted by molar-refractivity contribution is 5.69. The van der Waals surface area contributed by atoms with E-state index in [0.29, 0.717) is 0 Å². The minimum atomic E-state index is -2.94. The molecule has 0 aromatic carbocycles. The van der Waals surface area contributed by atoms with Crippen molar-refractivity contribution in [3.63, 3.8) is 0 Å². The van der Waals surface area contributed by atoms with Gasteiger partial charge < -0.3 is 9.84 Å². The van der Waals surface area contributed by atoms with Crippen molar-refractivity contribution >= 4 is 5.97 Å². The molecule has 5 heteroatoms. The molecule has 0 bridgehead atoms. The molecule has 0 aromatic rings. The van der Waals surface area contributed by atoms with Crippen molar-refractivity contribution in [3.05, 3.63) is 0 Å². The number of halogens is 2. The summed E-state index contributed by atoms with van der Waals surface area (Å²) in [7, 11) is 0. The summed E-state index contributed by atoms with van der Waals surface area (Å²) in [6, 6.07) is 0. The fourth-order valence-electron chi connectivity index (χ4n) is 0.709. The van der Waals surface area contributed by atoms with E-state index in [0.717, 1.165) is 6.92 Å². The standard InChI is InChI=1S/C8H14F2O3/c1-3-13-7(11)4-5-8(10,12)6(2)9/h6,12H,3-5H2,1-2H3. The predicted molar refractivity (Wildman–Crippen MR) is 42.5 cm³/mol. The number of carbonyl (C=O) groups is 1. The molecule has 78 valence electrons. The molecule has 0 fully saturated rings. The van der Waals surface area contributed by atoms with Crippen LogP contribution in [0.15, 0.2) is 0 Å². The van der Waals surface area contributed by atoms with Crippen molar-refractivity contribution in [2.75, 3.05) is 6.61 Å². The summed E-state index contributed by atoms with van der Waals surface area (Å²) in [6.45, 7) is 2.69. The Labute approximate surface area is 75.7 Å². The zero-order valence-corrected chi connectivity index (χ0v) is 7.72. The lowest BCUT2D eigenvalue weighted by atomic mass is 10.1. The van der Waals surface area contributed by atoms with Crippen LogP contribution in [0.1, 0.15) is 26.7 Å². The summed E-state index contributed by atoms with van der Waals surface area (Å²) < 4.78 is 29.6. The first-order chi connectivity index (χ1) is 5.90. The summed E-state index contributed by atoms with van der Waals surface area (Å²) in [5, 5.41) is 8.76. The van der Waals surface area contributed by atoms with Crippen molar-refractivity contribution in [2.45, 2.75) is 38.7 Å². The number of alkyl halides is 2. The van der Waals surface area contributed by atoms with E-state index in [1.807, 2.05) is 0 Å². The van der Waals surface area contributed by atoms with Crippen molar-refractivity contribution in [1.82, 2.24) is 0 Å². The molecule has 0 heterocycles. The number of rotatable bonds is 5. The Kier molecular flexibility index (Phi) is 4.83. The fourth-order valence-corrected chi connectivity index (χ4v) is 0.709. The van der Waals surface area contributed by atoms with Crippen molar-refractivity contribution in [2.24, 2.45) is 0 Å². The smallest absolute Gasteiger partial charge is 0.305 e. The molecule has 3 nitrogen and oxygen atoms in total. The van der Waals surface area contributed by atoms with Gasteiger partial charge in [-0.2, -0.15) is 0 Å². The van der Waals surface area contributed by atoms with Gasteiger partial charge in [-0.3, -0.25) is 4.79 Å².